The molecule has 0 spiro atoms. The van der Waals surface area contributed by atoms with E-state index in [0.29, 0.717) is 5.92 Å². The molecular weight excluding hydrogens is 329 g/mol. The van der Waals surface area contributed by atoms with Crippen LogP contribution in [-0.4, -0.2) is 0 Å². The lowest BCUT2D eigenvalue weighted by molar-refractivity contribution is -0.137. The summed E-state index contributed by atoms with van der Waals surface area (Å²) in [7, 11) is -0.360. The fourth-order valence-electron chi connectivity index (χ4n) is 2.74. The van der Waals surface area contributed by atoms with Crippen molar-refractivity contribution < 1.29 is 13.2 Å². The van der Waals surface area contributed by atoms with Gasteiger partial charge >= 0.3 is 6.18 Å². The molecule has 0 amide bonds. The molecule has 0 heterocycles. The third kappa shape index (κ3) is 3.59. The Balaban J connectivity index is 2.05. The van der Waals surface area contributed by atoms with E-state index in [-0.39, 0.29) is 10.9 Å². The van der Waals surface area contributed by atoms with E-state index < -0.39 is 11.7 Å². The summed E-state index contributed by atoms with van der Waals surface area (Å²) in [6, 6.07) is 15.6. The normalized spacial score (nSPS) is 19.0. The molecule has 0 saturated heterocycles. The molecule has 0 aromatic heterocycles. The van der Waals surface area contributed by atoms with Gasteiger partial charge in [0.05, 0.1) is 16.5 Å². The lowest BCUT2D eigenvalue weighted by atomic mass is 10.0. The monoisotopic (exact) mass is 347 g/mol. The van der Waals surface area contributed by atoms with Crippen LogP contribution in [0.1, 0.15) is 18.9 Å². The zero-order chi connectivity index (χ0) is 17.2. The first-order chi connectivity index (χ1) is 11.5. The number of allylic oxidation sites excluding steroid dienone is 4. The summed E-state index contributed by atoms with van der Waals surface area (Å²) in [5.41, 5.74) is -0.603. The van der Waals surface area contributed by atoms with Gasteiger partial charge < -0.3 is 0 Å². The lowest BCUT2D eigenvalue weighted by Crippen LogP contribution is -2.15. The smallest absolute Gasteiger partial charge is 0.166 e. The highest BCUT2D eigenvalue weighted by molar-refractivity contribution is 8.00. The zero-order valence-corrected chi connectivity index (χ0v) is 14.1. The van der Waals surface area contributed by atoms with Gasteiger partial charge in [-0.3, -0.25) is 0 Å². The molecular formula is C20H18F3S+. The maximum absolute atomic E-state index is 12.8. The molecule has 124 valence electrons. The standard InChI is InChI=1S/C20H18F3S/c1-15-7-5-6-10-19(15)24(17-8-3-2-4-9-17)18-13-11-16(12-14-18)20(21,22)23/h2-6,8-15H,7H2,1H3/q+1. The number of benzene rings is 2. The van der Waals surface area contributed by atoms with Crippen molar-refractivity contribution in [1.29, 1.82) is 0 Å². The van der Waals surface area contributed by atoms with E-state index in [0.717, 1.165) is 16.2 Å². The molecule has 1 aliphatic carbocycles. The highest BCUT2D eigenvalue weighted by Gasteiger charge is 2.36. The molecule has 0 aliphatic heterocycles. The summed E-state index contributed by atoms with van der Waals surface area (Å²) in [6.45, 7) is 2.17. The molecule has 0 fully saturated rings. The van der Waals surface area contributed by atoms with E-state index in [1.807, 2.05) is 36.4 Å². The Hall–Kier alpha value is -1.94. The van der Waals surface area contributed by atoms with Gasteiger partial charge in [0.2, 0.25) is 0 Å². The topological polar surface area (TPSA) is 0 Å². The van der Waals surface area contributed by atoms with Crippen LogP contribution in [0.25, 0.3) is 0 Å². The van der Waals surface area contributed by atoms with Crippen LogP contribution in [0.4, 0.5) is 13.2 Å². The number of halogens is 3. The second kappa shape index (κ2) is 6.89. The van der Waals surface area contributed by atoms with Crippen molar-refractivity contribution in [2.45, 2.75) is 29.3 Å². The molecule has 0 saturated carbocycles. The Labute approximate surface area is 143 Å². The first-order valence-electron chi connectivity index (χ1n) is 7.80. The summed E-state index contributed by atoms with van der Waals surface area (Å²) < 4.78 is 38.5. The first kappa shape index (κ1) is 16.9. The number of rotatable bonds is 3. The molecule has 2 unspecified atom stereocenters. The molecule has 4 heteroatoms. The van der Waals surface area contributed by atoms with Crippen LogP contribution in [0.3, 0.4) is 0 Å². The van der Waals surface area contributed by atoms with Gasteiger partial charge in [-0.1, -0.05) is 37.3 Å². The van der Waals surface area contributed by atoms with Crippen LogP contribution in [0.5, 0.6) is 0 Å². The summed E-state index contributed by atoms with van der Waals surface area (Å²) in [4.78, 5) is 3.32. The van der Waals surface area contributed by atoms with Gasteiger partial charge in [0.1, 0.15) is 4.91 Å². The van der Waals surface area contributed by atoms with Crippen molar-refractivity contribution >= 4 is 10.9 Å². The first-order valence-corrected chi connectivity index (χ1v) is 9.02. The van der Waals surface area contributed by atoms with Crippen LogP contribution in [-0.2, 0) is 17.1 Å². The number of hydrogen-bond donors (Lipinski definition) is 0. The summed E-state index contributed by atoms with van der Waals surface area (Å²) in [5, 5.41) is 0. The summed E-state index contributed by atoms with van der Waals surface area (Å²) in [6.07, 6.45) is 2.95. The van der Waals surface area contributed by atoms with E-state index in [9.17, 15) is 13.2 Å². The van der Waals surface area contributed by atoms with Gasteiger partial charge in [0.25, 0.3) is 0 Å². The molecule has 2 aromatic carbocycles. The Bertz CT molecular complexity index is 743. The fraction of sp³-hybridized carbons (Fsp3) is 0.200. The molecule has 0 bridgehead atoms. The van der Waals surface area contributed by atoms with Crippen molar-refractivity contribution in [3.8, 4) is 0 Å². The Morgan fingerprint density at radius 1 is 0.917 bits per heavy atom. The quantitative estimate of drug-likeness (QED) is 0.578. The van der Waals surface area contributed by atoms with Crippen molar-refractivity contribution in [2.75, 3.05) is 0 Å². The van der Waals surface area contributed by atoms with E-state index >= 15 is 0 Å². The van der Waals surface area contributed by atoms with Gasteiger partial charge in [-0.15, -0.1) is 0 Å². The fourth-order valence-corrected chi connectivity index (χ4v) is 5.11. The molecule has 1 aliphatic rings. The highest BCUT2D eigenvalue weighted by Crippen LogP contribution is 2.38. The number of alkyl halides is 3. The van der Waals surface area contributed by atoms with Gasteiger partial charge in [-0.05, 0) is 48.9 Å². The van der Waals surface area contributed by atoms with Crippen LogP contribution in [0.2, 0.25) is 0 Å². The van der Waals surface area contributed by atoms with Crippen molar-refractivity contribution in [3.05, 3.63) is 83.3 Å². The van der Waals surface area contributed by atoms with E-state index in [4.69, 9.17) is 0 Å². The molecule has 0 radical (unpaired) electrons. The van der Waals surface area contributed by atoms with Crippen molar-refractivity contribution in [2.24, 2.45) is 5.92 Å². The maximum Gasteiger partial charge on any atom is 0.416 e. The summed E-state index contributed by atoms with van der Waals surface area (Å²) >= 11 is 0. The predicted molar refractivity (Wildman–Crippen MR) is 92.8 cm³/mol. The third-order valence-electron chi connectivity index (χ3n) is 4.00. The van der Waals surface area contributed by atoms with E-state index in [2.05, 4.69) is 19.1 Å². The van der Waals surface area contributed by atoms with Crippen LogP contribution < -0.4 is 0 Å². The molecule has 2 aromatic rings. The lowest BCUT2D eigenvalue weighted by Gasteiger charge is -2.18. The third-order valence-corrected chi connectivity index (χ3v) is 6.50. The SMILES string of the molecule is CC1CC=CC=C1[S+](c1ccccc1)c1ccc(C(F)(F)F)cc1. The van der Waals surface area contributed by atoms with E-state index in [1.165, 1.54) is 17.0 Å². The van der Waals surface area contributed by atoms with Gasteiger partial charge in [-0.25, -0.2) is 0 Å². The second-order valence-corrected chi connectivity index (χ2v) is 7.80. The number of hydrogen-bond acceptors (Lipinski definition) is 0. The van der Waals surface area contributed by atoms with Crippen LogP contribution >= 0.6 is 0 Å². The average molecular weight is 347 g/mol. The van der Waals surface area contributed by atoms with Gasteiger partial charge in [0.15, 0.2) is 9.79 Å². The summed E-state index contributed by atoms with van der Waals surface area (Å²) in [5.74, 6) is 0.376. The molecule has 0 N–H and O–H groups in total. The molecule has 2 atom stereocenters. The molecule has 0 nitrogen and oxygen atoms in total. The van der Waals surface area contributed by atoms with Crippen LogP contribution in [0, 0.1) is 5.92 Å². The second-order valence-electron chi connectivity index (χ2n) is 5.78. The van der Waals surface area contributed by atoms with Crippen molar-refractivity contribution in [3.63, 3.8) is 0 Å². The minimum atomic E-state index is -4.30. The van der Waals surface area contributed by atoms with Gasteiger partial charge in [-0.2, -0.15) is 13.2 Å². The molecule has 24 heavy (non-hydrogen) atoms. The minimum absolute atomic E-state index is 0.360. The Kier molecular flexibility index (Phi) is 4.86. The Morgan fingerprint density at radius 3 is 2.12 bits per heavy atom. The van der Waals surface area contributed by atoms with E-state index in [1.54, 1.807) is 12.1 Å². The highest BCUT2D eigenvalue weighted by atomic mass is 32.2. The van der Waals surface area contributed by atoms with Crippen LogP contribution in [0.15, 0.2) is 87.5 Å². The maximum atomic E-state index is 12.8. The zero-order valence-electron chi connectivity index (χ0n) is 13.3. The minimum Gasteiger partial charge on any atom is -0.166 e. The largest absolute Gasteiger partial charge is 0.416 e. The average Bonchev–Trinajstić information content (AvgIpc) is 2.58. The Morgan fingerprint density at radius 2 is 1.54 bits per heavy atom. The van der Waals surface area contributed by atoms with Gasteiger partial charge in [0, 0.05) is 5.92 Å². The van der Waals surface area contributed by atoms with Crippen molar-refractivity contribution in [1.82, 2.24) is 0 Å². The molecule has 3 rings (SSSR count). The predicted octanol–water partition coefficient (Wildman–Crippen LogP) is 6.22.